The second-order valence-electron chi connectivity index (χ2n) is 14.8. The summed E-state index contributed by atoms with van der Waals surface area (Å²) in [6.45, 7) is 14.7. The van der Waals surface area contributed by atoms with Gasteiger partial charge in [0.25, 0.3) is 0 Å². The minimum atomic E-state index is -1.47. The molecule has 2 aromatic heterocycles. The van der Waals surface area contributed by atoms with Crippen LogP contribution in [0.2, 0.25) is 0 Å². The zero-order chi connectivity index (χ0) is 32.5. The summed E-state index contributed by atoms with van der Waals surface area (Å²) < 4.78 is 52.3. The molecule has 8 nitrogen and oxygen atoms in total. The SMILES string of the molecule is Cc1cnc2c(c1)C(C(C)(C)c1ncn(C)n1)OC21CCN([C@H](O)C2CCN(C(C)(C)C)C[C@H]2c2ccc(F)c(F)c2F)CC1. The van der Waals surface area contributed by atoms with Gasteiger partial charge < -0.3 is 9.84 Å². The van der Waals surface area contributed by atoms with E-state index in [0.29, 0.717) is 51.3 Å². The van der Waals surface area contributed by atoms with Gasteiger partial charge in [0.05, 0.1) is 17.2 Å². The number of likely N-dealkylation sites (tertiary alicyclic amines) is 2. The Kier molecular flexibility index (Phi) is 8.16. The second kappa shape index (κ2) is 11.4. The van der Waals surface area contributed by atoms with Crippen LogP contribution in [-0.2, 0) is 22.8 Å². The van der Waals surface area contributed by atoms with Gasteiger partial charge in [0.15, 0.2) is 23.3 Å². The fourth-order valence-electron chi connectivity index (χ4n) is 7.67. The van der Waals surface area contributed by atoms with Crippen LogP contribution in [0.3, 0.4) is 0 Å². The maximum atomic E-state index is 15.2. The average molecular weight is 627 g/mol. The van der Waals surface area contributed by atoms with E-state index in [1.165, 1.54) is 6.07 Å². The van der Waals surface area contributed by atoms with Crippen molar-refractivity contribution in [3.8, 4) is 0 Å². The standard InChI is InChI=1S/C34H45F3N6O2/c1-20-16-23-28(38-17-20)34(45-29(23)33(5,6)31-39-19-41(7)40-31)11-14-42(15-12-34)30(44)22-10-13-43(32(2,3)4)18-24(22)21-8-9-25(35)27(37)26(21)36/h8-9,16-17,19,22,24,29-30,44H,10-15,18H2,1-7H3/t22?,24-,29?,30+/m0/s1. The molecule has 6 rings (SSSR count). The molecule has 1 N–H and O–H groups in total. The number of nitrogens with zero attached hydrogens (tertiary/aromatic N) is 6. The van der Waals surface area contributed by atoms with Crippen molar-refractivity contribution >= 4 is 0 Å². The average Bonchev–Trinajstić information content (AvgIpc) is 3.57. The summed E-state index contributed by atoms with van der Waals surface area (Å²) in [5, 5.41) is 16.5. The molecule has 0 saturated carbocycles. The number of ether oxygens (including phenoxy) is 1. The number of hydrogen-bond acceptors (Lipinski definition) is 7. The molecule has 0 aliphatic carbocycles. The Morgan fingerprint density at radius 2 is 1.71 bits per heavy atom. The van der Waals surface area contributed by atoms with Crippen molar-refractivity contribution in [1.29, 1.82) is 0 Å². The number of pyridine rings is 1. The van der Waals surface area contributed by atoms with Crippen LogP contribution in [0.15, 0.2) is 30.7 Å². The lowest BCUT2D eigenvalue weighted by molar-refractivity contribution is -0.156. The zero-order valence-corrected chi connectivity index (χ0v) is 27.3. The van der Waals surface area contributed by atoms with Gasteiger partial charge >= 0.3 is 0 Å². The molecular formula is C34H45F3N6O2. The summed E-state index contributed by atoms with van der Waals surface area (Å²) >= 11 is 0. The quantitative estimate of drug-likeness (QED) is 0.375. The summed E-state index contributed by atoms with van der Waals surface area (Å²) in [4.78, 5) is 13.7. The van der Waals surface area contributed by atoms with Gasteiger partial charge in [-0.05, 0) is 90.6 Å². The summed E-state index contributed by atoms with van der Waals surface area (Å²) in [6.07, 6.45) is 4.20. The van der Waals surface area contributed by atoms with Crippen molar-refractivity contribution in [2.24, 2.45) is 13.0 Å². The molecule has 3 aliphatic rings. The topological polar surface area (TPSA) is 79.5 Å². The highest BCUT2D eigenvalue weighted by molar-refractivity contribution is 5.39. The normalized spacial score (nSPS) is 25.1. The van der Waals surface area contributed by atoms with Gasteiger partial charge in [-0.25, -0.2) is 18.2 Å². The number of aryl methyl sites for hydroxylation is 2. The first-order chi connectivity index (χ1) is 21.1. The Morgan fingerprint density at radius 1 is 1.00 bits per heavy atom. The Morgan fingerprint density at radius 3 is 2.36 bits per heavy atom. The predicted octanol–water partition coefficient (Wildman–Crippen LogP) is 5.50. The molecular weight excluding hydrogens is 581 g/mol. The molecule has 2 fully saturated rings. The third-order valence-corrected chi connectivity index (χ3v) is 10.4. The van der Waals surface area contributed by atoms with Crippen LogP contribution in [0, 0.1) is 30.3 Å². The summed E-state index contributed by atoms with van der Waals surface area (Å²) in [5.74, 6) is -4.02. The Bertz CT molecular complexity index is 1560. The van der Waals surface area contributed by atoms with Crippen LogP contribution in [0.1, 0.15) is 94.1 Å². The molecule has 244 valence electrons. The van der Waals surface area contributed by atoms with Crippen LogP contribution >= 0.6 is 0 Å². The minimum Gasteiger partial charge on any atom is -0.378 e. The molecule has 3 aromatic rings. The van der Waals surface area contributed by atoms with Crippen molar-refractivity contribution in [2.45, 2.75) is 95.6 Å². The van der Waals surface area contributed by atoms with Crippen LogP contribution in [0.4, 0.5) is 13.2 Å². The third kappa shape index (κ3) is 5.59. The van der Waals surface area contributed by atoms with E-state index in [0.717, 1.165) is 22.9 Å². The molecule has 5 heterocycles. The predicted molar refractivity (Wildman–Crippen MR) is 164 cm³/mol. The lowest BCUT2D eigenvalue weighted by Gasteiger charge is -2.49. The van der Waals surface area contributed by atoms with Gasteiger partial charge in [0.2, 0.25) is 0 Å². The molecule has 4 atom stereocenters. The van der Waals surface area contributed by atoms with Gasteiger partial charge in [0, 0.05) is 55.8 Å². The van der Waals surface area contributed by atoms with E-state index >= 15 is 4.39 Å². The molecule has 0 bridgehead atoms. The highest BCUT2D eigenvalue weighted by atomic mass is 19.2. The Hall–Kier alpha value is -2.86. The molecule has 2 unspecified atom stereocenters. The number of aliphatic hydroxyl groups excluding tert-OH is 1. The van der Waals surface area contributed by atoms with Crippen LogP contribution in [0.5, 0.6) is 0 Å². The van der Waals surface area contributed by atoms with E-state index in [1.807, 2.05) is 25.1 Å². The van der Waals surface area contributed by atoms with Crippen LogP contribution < -0.4 is 0 Å². The number of rotatable bonds is 5. The largest absolute Gasteiger partial charge is 0.378 e. The molecule has 1 spiro atoms. The fourth-order valence-corrected chi connectivity index (χ4v) is 7.67. The molecule has 1 aromatic carbocycles. The lowest BCUT2D eigenvalue weighted by Crippen LogP contribution is -2.55. The molecule has 11 heteroatoms. The summed E-state index contributed by atoms with van der Waals surface area (Å²) in [5.41, 5.74) is 1.79. The van der Waals surface area contributed by atoms with E-state index in [2.05, 4.69) is 55.7 Å². The number of aromatic nitrogens is 4. The first kappa shape index (κ1) is 32.1. The van der Waals surface area contributed by atoms with Crippen molar-refractivity contribution < 1.29 is 23.0 Å². The van der Waals surface area contributed by atoms with E-state index in [1.54, 1.807) is 11.0 Å². The molecule has 2 saturated heterocycles. The van der Waals surface area contributed by atoms with Gasteiger partial charge in [0.1, 0.15) is 18.2 Å². The lowest BCUT2D eigenvalue weighted by atomic mass is 9.77. The first-order valence-corrected chi connectivity index (χ1v) is 15.9. The molecule has 0 amide bonds. The van der Waals surface area contributed by atoms with Gasteiger partial charge in [-0.1, -0.05) is 6.07 Å². The number of halogens is 3. The smallest absolute Gasteiger partial charge is 0.194 e. The monoisotopic (exact) mass is 626 g/mol. The van der Waals surface area contributed by atoms with Gasteiger partial charge in [-0.15, -0.1) is 0 Å². The number of hydrogen-bond donors (Lipinski definition) is 1. The zero-order valence-electron chi connectivity index (χ0n) is 27.3. The minimum absolute atomic E-state index is 0.112. The van der Waals surface area contributed by atoms with Crippen LogP contribution in [-0.4, -0.2) is 72.6 Å². The Balaban J connectivity index is 1.25. The molecule has 0 radical (unpaired) electrons. The molecule has 3 aliphatic heterocycles. The van der Waals surface area contributed by atoms with Crippen molar-refractivity contribution in [1.82, 2.24) is 29.5 Å². The van der Waals surface area contributed by atoms with Crippen molar-refractivity contribution in [2.75, 3.05) is 26.2 Å². The van der Waals surface area contributed by atoms with E-state index < -0.39 is 40.6 Å². The number of piperidine rings is 2. The van der Waals surface area contributed by atoms with Gasteiger partial charge in [-0.2, -0.15) is 5.10 Å². The Labute approximate surface area is 263 Å². The third-order valence-electron chi connectivity index (χ3n) is 10.4. The van der Waals surface area contributed by atoms with E-state index in [4.69, 9.17) is 9.72 Å². The summed E-state index contributed by atoms with van der Waals surface area (Å²) in [7, 11) is 1.85. The van der Waals surface area contributed by atoms with E-state index in [-0.39, 0.29) is 23.1 Å². The summed E-state index contributed by atoms with van der Waals surface area (Å²) in [6, 6.07) is 4.47. The number of benzene rings is 1. The molecule has 45 heavy (non-hydrogen) atoms. The highest BCUT2D eigenvalue weighted by Gasteiger charge is 2.54. The maximum absolute atomic E-state index is 15.2. The second-order valence-corrected chi connectivity index (χ2v) is 14.8. The highest BCUT2D eigenvalue weighted by Crippen LogP contribution is 2.54. The van der Waals surface area contributed by atoms with E-state index in [9.17, 15) is 13.9 Å². The van der Waals surface area contributed by atoms with Crippen molar-refractivity contribution in [3.05, 3.63) is 76.4 Å². The maximum Gasteiger partial charge on any atom is 0.194 e. The fraction of sp³-hybridized carbons (Fsp3) is 0.618. The number of fused-ring (bicyclic) bond motifs is 2. The van der Waals surface area contributed by atoms with Gasteiger partial charge in [-0.3, -0.25) is 19.5 Å². The number of aliphatic hydroxyl groups is 1. The first-order valence-electron chi connectivity index (χ1n) is 15.9. The van der Waals surface area contributed by atoms with Crippen molar-refractivity contribution in [3.63, 3.8) is 0 Å². The van der Waals surface area contributed by atoms with Crippen LogP contribution in [0.25, 0.3) is 0 Å².